The lowest BCUT2D eigenvalue weighted by Gasteiger charge is -2.33. The summed E-state index contributed by atoms with van der Waals surface area (Å²) in [5, 5.41) is 3.30. The van der Waals surface area contributed by atoms with Crippen LogP contribution in [0.4, 0.5) is 13.2 Å². The van der Waals surface area contributed by atoms with Crippen molar-refractivity contribution in [3.8, 4) is 28.6 Å². The zero-order chi connectivity index (χ0) is 38.7. The summed E-state index contributed by atoms with van der Waals surface area (Å²) in [6.45, 7) is 5.29. The van der Waals surface area contributed by atoms with Crippen molar-refractivity contribution in [2.75, 3.05) is 13.7 Å². The highest BCUT2D eigenvalue weighted by Crippen LogP contribution is 2.44. The molecule has 0 spiro atoms. The maximum Gasteiger partial charge on any atom is 0.573 e. The molecule has 6 rings (SSSR count). The Balaban J connectivity index is 1.30. The van der Waals surface area contributed by atoms with E-state index in [-0.39, 0.29) is 25.3 Å². The summed E-state index contributed by atoms with van der Waals surface area (Å²) in [7, 11) is -2.38. The number of nitrogens with one attached hydrogen (secondary N) is 2. The van der Waals surface area contributed by atoms with Gasteiger partial charge in [-0.3, -0.25) is 19.1 Å². The van der Waals surface area contributed by atoms with Gasteiger partial charge in [0.2, 0.25) is 27.7 Å². The Hall–Kier alpha value is -3.91. The molecular formula is C35H39F3IN5O8S. The van der Waals surface area contributed by atoms with Gasteiger partial charge < -0.3 is 30.2 Å². The lowest BCUT2D eigenvalue weighted by atomic mass is 9.86. The summed E-state index contributed by atoms with van der Waals surface area (Å²) in [5.74, 6) is -1.76. The first-order valence-electron chi connectivity index (χ1n) is 16.8. The molecule has 4 N–H and O–H groups in total. The van der Waals surface area contributed by atoms with Gasteiger partial charge in [0, 0.05) is 21.3 Å². The molecule has 13 nitrogen and oxygen atoms in total. The first-order valence-corrected chi connectivity index (χ1v) is 19.6. The van der Waals surface area contributed by atoms with Gasteiger partial charge >= 0.3 is 6.36 Å². The van der Waals surface area contributed by atoms with Crippen molar-refractivity contribution in [1.29, 1.82) is 0 Å². The smallest absolute Gasteiger partial charge is 0.497 e. The number of methoxy groups -OCH3 is 1. The van der Waals surface area contributed by atoms with E-state index in [9.17, 15) is 36.0 Å². The van der Waals surface area contributed by atoms with E-state index < -0.39 is 78.2 Å². The van der Waals surface area contributed by atoms with Crippen LogP contribution in [0.15, 0.2) is 48.5 Å². The fraction of sp³-hybridized carbons (Fsp3) is 0.486. The van der Waals surface area contributed by atoms with E-state index in [0.717, 1.165) is 12.1 Å². The fourth-order valence-electron chi connectivity index (χ4n) is 6.11. The number of amides is 3. The first-order chi connectivity index (χ1) is 24.7. The third-order valence-electron chi connectivity index (χ3n) is 9.54. The third-order valence-corrected chi connectivity index (χ3v) is 12.9. The Morgan fingerprint density at radius 1 is 1.06 bits per heavy atom. The number of likely N-dealkylation sites (tertiary alicyclic amines) is 1. The van der Waals surface area contributed by atoms with Gasteiger partial charge in [0.1, 0.15) is 29.2 Å². The van der Waals surface area contributed by atoms with Crippen LogP contribution in [-0.4, -0.2) is 88.9 Å². The molecule has 1 aliphatic heterocycles. The summed E-state index contributed by atoms with van der Waals surface area (Å²) >= 11 is 1.98. The van der Waals surface area contributed by atoms with Crippen LogP contribution in [-0.2, 0) is 24.4 Å². The molecule has 3 amide bonds. The van der Waals surface area contributed by atoms with Crippen molar-refractivity contribution >= 4 is 61.1 Å². The summed E-state index contributed by atoms with van der Waals surface area (Å²) in [6.07, 6.45) is -4.58. The van der Waals surface area contributed by atoms with E-state index in [0.29, 0.717) is 40.6 Å². The lowest BCUT2D eigenvalue weighted by molar-refractivity contribution is -0.274. The minimum absolute atomic E-state index is 0.0224. The molecule has 0 unspecified atom stereocenters. The second-order valence-corrected chi connectivity index (χ2v) is 18.1. The van der Waals surface area contributed by atoms with E-state index in [1.54, 1.807) is 45.0 Å². The molecule has 2 aliphatic carbocycles. The molecule has 286 valence electrons. The van der Waals surface area contributed by atoms with Gasteiger partial charge in [-0.15, -0.1) is 13.2 Å². The number of carbonyl (C=O) groups is 3. The van der Waals surface area contributed by atoms with Crippen LogP contribution in [0.3, 0.4) is 0 Å². The van der Waals surface area contributed by atoms with Crippen LogP contribution >= 0.6 is 22.6 Å². The summed E-state index contributed by atoms with van der Waals surface area (Å²) < 4.78 is 81.1. The number of benzene rings is 2. The van der Waals surface area contributed by atoms with Gasteiger partial charge in [-0.25, -0.2) is 13.4 Å². The first kappa shape index (κ1) is 38.8. The largest absolute Gasteiger partial charge is 0.573 e. The molecule has 3 aliphatic rings. The predicted molar refractivity (Wildman–Crippen MR) is 196 cm³/mol. The Kier molecular flexibility index (Phi) is 10.3. The monoisotopic (exact) mass is 873 g/mol. The van der Waals surface area contributed by atoms with Gasteiger partial charge in [-0.2, -0.15) is 0 Å². The van der Waals surface area contributed by atoms with Crippen LogP contribution in [0, 0.1) is 5.41 Å². The number of pyridine rings is 1. The minimum atomic E-state index is -4.86. The van der Waals surface area contributed by atoms with E-state index in [4.69, 9.17) is 20.2 Å². The highest BCUT2D eigenvalue weighted by molar-refractivity contribution is 14.1. The molecule has 5 atom stereocenters. The molecule has 0 radical (unpaired) electrons. The van der Waals surface area contributed by atoms with Crippen LogP contribution in [0.5, 0.6) is 17.4 Å². The standard InChI is InChI=1S/C35H39F3IN5O8S/c1-33(2,3)28(40)31(46)44-17-22(15-26(44)29(45)42-34(16-27(34)39)32(47)43-53(48,49)23-10-11-23)51-30-24-12-9-21(50-4)13-19(24)14-25(41-30)18-5-7-20(8-6-18)52-35(36,37)38/h5-9,12-14,22-23,26-28H,10-11,15-17,40H2,1-4H3,(H,42,45)(H,43,47)/t22-,26+,27-,28-,34-/m1/s1. The number of halogens is 4. The lowest BCUT2D eigenvalue weighted by Crippen LogP contribution is -2.59. The molecule has 53 heavy (non-hydrogen) atoms. The van der Waals surface area contributed by atoms with Crippen molar-refractivity contribution in [2.24, 2.45) is 11.1 Å². The van der Waals surface area contributed by atoms with Crippen molar-refractivity contribution in [2.45, 2.75) is 85.7 Å². The van der Waals surface area contributed by atoms with E-state index in [2.05, 4.69) is 14.8 Å². The molecule has 0 bridgehead atoms. The van der Waals surface area contributed by atoms with Crippen LogP contribution < -0.4 is 30.0 Å². The number of alkyl halides is 4. The molecule has 3 aromatic rings. The number of fused-ring (bicyclic) bond motifs is 1. The summed E-state index contributed by atoms with van der Waals surface area (Å²) in [4.78, 5) is 47.2. The van der Waals surface area contributed by atoms with Crippen LogP contribution in [0.2, 0.25) is 0 Å². The minimum Gasteiger partial charge on any atom is -0.497 e. The molecule has 1 saturated heterocycles. The van der Waals surface area contributed by atoms with E-state index >= 15 is 0 Å². The van der Waals surface area contributed by atoms with Crippen molar-refractivity contribution in [3.05, 3.63) is 48.5 Å². The number of hydrogen-bond acceptors (Lipinski definition) is 10. The Morgan fingerprint density at radius 3 is 2.26 bits per heavy atom. The fourth-order valence-corrected chi connectivity index (χ4v) is 8.61. The molecule has 18 heteroatoms. The number of hydrogen-bond donors (Lipinski definition) is 3. The third kappa shape index (κ3) is 8.43. The second kappa shape index (κ2) is 14.1. The quantitative estimate of drug-likeness (QED) is 0.187. The second-order valence-electron chi connectivity index (χ2n) is 14.6. The highest BCUT2D eigenvalue weighted by atomic mass is 127. The number of aromatic nitrogens is 1. The molecule has 1 aromatic heterocycles. The molecular weight excluding hydrogens is 834 g/mol. The predicted octanol–water partition coefficient (Wildman–Crippen LogP) is 4.20. The number of nitrogens with two attached hydrogens (primary N) is 1. The topological polar surface area (TPSA) is 179 Å². The van der Waals surface area contributed by atoms with Crippen molar-refractivity contribution in [3.63, 3.8) is 0 Å². The SMILES string of the molecule is COc1ccc2c(O[C@@H]3C[C@@H](C(=O)N[C@]4(C(=O)NS(=O)(=O)C5CC5)C[C@H]4I)N(C(=O)[C@@H](N)C(C)(C)C)C3)nc(-c3ccc(OC(F)(F)F)cc3)cc2c1. The van der Waals surface area contributed by atoms with E-state index in [1.807, 2.05) is 22.6 Å². The average Bonchev–Trinajstić information content (AvgIpc) is 4.00. The number of nitrogens with zero attached hydrogens (tertiary/aromatic N) is 2. The molecule has 2 saturated carbocycles. The van der Waals surface area contributed by atoms with Crippen molar-refractivity contribution < 1.29 is 50.2 Å². The maximum absolute atomic E-state index is 14.0. The number of carbonyl (C=O) groups excluding carboxylic acids is 3. The van der Waals surface area contributed by atoms with E-state index in [1.165, 1.54) is 24.1 Å². The number of rotatable bonds is 11. The van der Waals surface area contributed by atoms with Gasteiger partial charge in [-0.05, 0) is 78.6 Å². The maximum atomic E-state index is 14.0. The number of ether oxygens (including phenoxy) is 3. The zero-order valence-corrected chi connectivity index (χ0v) is 32.2. The van der Waals surface area contributed by atoms with Gasteiger partial charge in [0.05, 0.1) is 30.6 Å². The van der Waals surface area contributed by atoms with Crippen LogP contribution in [0.25, 0.3) is 22.0 Å². The highest BCUT2D eigenvalue weighted by Gasteiger charge is 2.62. The van der Waals surface area contributed by atoms with Gasteiger partial charge in [0.25, 0.3) is 5.91 Å². The summed E-state index contributed by atoms with van der Waals surface area (Å²) in [5.41, 5.74) is 5.04. The summed E-state index contributed by atoms with van der Waals surface area (Å²) in [6, 6.07) is 9.91. The number of sulfonamides is 1. The normalized spacial score (nSPS) is 23.6. The average molecular weight is 874 g/mol. The Labute approximate surface area is 317 Å². The van der Waals surface area contributed by atoms with Gasteiger partial charge in [0.15, 0.2) is 0 Å². The molecule has 2 aromatic carbocycles. The van der Waals surface area contributed by atoms with Gasteiger partial charge in [-0.1, -0.05) is 43.4 Å². The Bertz CT molecular complexity index is 2040. The van der Waals surface area contributed by atoms with Crippen LogP contribution in [0.1, 0.15) is 46.5 Å². The zero-order valence-electron chi connectivity index (χ0n) is 29.2. The molecule has 3 fully saturated rings. The Morgan fingerprint density at radius 2 is 1.70 bits per heavy atom. The molecule has 2 heterocycles. The van der Waals surface area contributed by atoms with Crippen molar-refractivity contribution in [1.82, 2.24) is 19.9 Å².